The molecule has 1 aliphatic heterocycles. The normalized spacial score (nSPS) is 17.7. The summed E-state index contributed by atoms with van der Waals surface area (Å²) in [6.45, 7) is 8.19. The molecule has 4 rings (SSSR count). The number of hydrogen-bond donors (Lipinski definition) is 1. The number of amides is 1. The van der Waals surface area contributed by atoms with E-state index in [4.69, 9.17) is 0 Å². The fourth-order valence-corrected chi connectivity index (χ4v) is 4.39. The van der Waals surface area contributed by atoms with Crippen LogP contribution < -0.4 is 4.90 Å². The smallest absolute Gasteiger partial charge is 0.264 e. The monoisotopic (exact) mass is 413 g/mol. The van der Waals surface area contributed by atoms with Crippen molar-refractivity contribution in [2.24, 2.45) is 0 Å². The zero-order chi connectivity index (χ0) is 22.3. The first-order chi connectivity index (χ1) is 14.7. The van der Waals surface area contributed by atoms with Crippen LogP contribution in [-0.4, -0.2) is 16.8 Å². The van der Waals surface area contributed by atoms with E-state index in [1.165, 1.54) is 0 Å². The van der Waals surface area contributed by atoms with E-state index >= 15 is 0 Å². The van der Waals surface area contributed by atoms with E-state index in [9.17, 15) is 14.7 Å². The van der Waals surface area contributed by atoms with Crippen LogP contribution in [-0.2, 0) is 16.9 Å². The second kappa shape index (κ2) is 7.78. The van der Waals surface area contributed by atoms with Crippen molar-refractivity contribution in [1.29, 1.82) is 0 Å². The molecule has 1 N–H and O–H groups in total. The van der Waals surface area contributed by atoms with Crippen molar-refractivity contribution in [3.63, 3.8) is 0 Å². The number of hydrogen-bond acceptors (Lipinski definition) is 3. The highest BCUT2D eigenvalue weighted by Gasteiger charge is 2.50. The summed E-state index contributed by atoms with van der Waals surface area (Å²) in [5.41, 5.74) is 4.89. The highest BCUT2D eigenvalue weighted by Crippen LogP contribution is 2.43. The van der Waals surface area contributed by atoms with Crippen LogP contribution in [0.3, 0.4) is 0 Å². The Morgan fingerprint density at radius 1 is 0.903 bits per heavy atom. The SMILES string of the molecule is Cc1ccc(CN2C(=O)C(O)(CC(=O)c3cc(C)ccc3C)c3ccccc32)c(C)c1. The van der Waals surface area contributed by atoms with Crippen molar-refractivity contribution in [1.82, 2.24) is 0 Å². The predicted molar refractivity (Wildman–Crippen MR) is 122 cm³/mol. The van der Waals surface area contributed by atoms with Gasteiger partial charge in [-0.3, -0.25) is 9.59 Å². The summed E-state index contributed by atoms with van der Waals surface area (Å²) >= 11 is 0. The van der Waals surface area contributed by atoms with Crippen molar-refractivity contribution in [3.8, 4) is 0 Å². The minimum absolute atomic E-state index is 0.236. The van der Waals surface area contributed by atoms with E-state index in [-0.39, 0.29) is 12.2 Å². The number of carbonyl (C=O) groups excluding carboxylic acids is 2. The van der Waals surface area contributed by atoms with E-state index in [1.54, 1.807) is 17.0 Å². The van der Waals surface area contributed by atoms with Crippen LogP contribution in [0.15, 0.2) is 60.7 Å². The number of fused-ring (bicyclic) bond motifs is 1. The lowest BCUT2D eigenvalue weighted by atomic mass is 9.87. The quantitative estimate of drug-likeness (QED) is 0.604. The average Bonchev–Trinajstić information content (AvgIpc) is 2.93. The van der Waals surface area contributed by atoms with Crippen molar-refractivity contribution in [2.75, 3.05) is 4.90 Å². The highest BCUT2D eigenvalue weighted by molar-refractivity contribution is 6.11. The van der Waals surface area contributed by atoms with E-state index < -0.39 is 11.5 Å². The van der Waals surface area contributed by atoms with Crippen LogP contribution in [0.5, 0.6) is 0 Å². The van der Waals surface area contributed by atoms with Gasteiger partial charge in [-0.2, -0.15) is 0 Å². The molecule has 0 aromatic heterocycles. The molecule has 4 heteroatoms. The molecular weight excluding hydrogens is 386 g/mol. The van der Waals surface area contributed by atoms with Gasteiger partial charge in [0.2, 0.25) is 0 Å². The summed E-state index contributed by atoms with van der Waals surface area (Å²) < 4.78 is 0. The Balaban J connectivity index is 1.71. The maximum atomic E-state index is 13.5. The van der Waals surface area contributed by atoms with Gasteiger partial charge in [-0.15, -0.1) is 0 Å². The van der Waals surface area contributed by atoms with Crippen molar-refractivity contribution in [3.05, 3.63) is 99.6 Å². The van der Waals surface area contributed by atoms with Gasteiger partial charge in [0.05, 0.1) is 18.7 Å². The third-order valence-corrected chi connectivity index (χ3v) is 6.18. The van der Waals surface area contributed by atoms with Crippen LogP contribution in [0, 0.1) is 27.7 Å². The van der Waals surface area contributed by atoms with Gasteiger partial charge in [0.1, 0.15) is 0 Å². The Kier molecular flexibility index (Phi) is 5.28. The first-order valence-corrected chi connectivity index (χ1v) is 10.5. The number of para-hydroxylation sites is 1. The van der Waals surface area contributed by atoms with Crippen LogP contribution in [0.25, 0.3) is 0 Å². The van der Waals surface area contributed by atoms with Gasteiger partial charge < -0.3 is 10.0 Å². The topological polar surface area (TPSA) is 57.6 Å². The van der Waals surface area contributed by atoms with E-state index in [0.717, 1.165) is 27.8 Å². The minimum Gasteiger partial charge on any atom is -0.375 e. The van der Waals surface area contributed by atoms with Gasteiger partial charge in [-0.25, -0.2) is 0 Å². The van der Waals surface area contributed by atoms with Crippen molar-refractivity contribution < 1.29 is 14.7 Å². The van der Waals surface area contributed by atoms with Crippen molar-refractivity contribution >= 4 is 17.4 Å². The van der Waals surface area contributed by atoms with E-state index in [1.807, 2.05) is 70.2 Å². The third-order valence-electron chi connectivity index (χ3n) is 6.18. The first-order valence-electron chi connectivity index (χ1n) is 10.5. The maximum Gasteiger partial charge on any atom is 0.264 e. The van der Waals surface area contributed by atoms with E-state index in [0.29, 0.717) is 23.4 Å². The summed E-state index contributed by atoms with van der Waals surface area (Å²) in [7, 11) is 0. The number of rotatable bonds is 5. The molecule has 0 radical (unpaired) electrons. The maximum absolute atomic E-state index is 13.5. The Morgan fingerprint density at radius 3 is 2.32 bits per heavy atom. The molecule has 1 atom stereocenters. The molecule has 0 saturated heterocycles. The average molecular weight is 414 g/mol. The van der Waals surface area contributed by atoms with Gasteiger partial charge in [-0.05, 0) is 56.5 Å². The summed E-state index contributed by atoms with van der Waals surface area (Å²) in [5, 5.41) is 11.6. The molecular formula is C27H27NO3. The molecule has 0 spiro atoms. The number of benzene rings is 3. The predicted octanol–water partition coefficient (Wildman–Crippen LogP) is 4.93. The molecule has 0 fully saturated rings. The Morgan fingerprint density at radius 2 is 1.58 bits per heavy atom. The standard InChI is InChI=1S/C27H27NO3/c1-17-10-12-21(20(4)13-17)16-28-24-8-6-5-7-23(24)27(31,26(28)30)15-25(29)22-14-18(2)9-11-19(22)3/h5-14,31H,15-16H2,1-4H3. The number of carbonyl (C=O) groups is 2. The first kappa shape index (κ1) is 21.0. The molecule has 158 valence electrons. The van der Waals surface area contributed by atoms with Gasteiger partial charge in [0, 0.05) is 11.1 Å². The second-order valence-corrected chi connectivity index (χ2v) is 8.62. The number of aliphatic hydroxyl groups is 1. The lowest BCUT2D eigenvalue weighted by Crippen LogP contribution is -2.41. The third kappa shape index (κ3) is 3.68. The molecule has 3 aromatic carbocycles. The Labute approximate surface area is 183 Å². The summed E-state index contributed by atoms with van der Waals surface area (Å²) in [6, 6.07) is 19.0. The minimum atomic E-state index is -1.87. The highest BCUT2D eigenvalue weighted by atomic mass is 16.3. The molecule has 31 heavy (non-hydrogen) atoms. The van der Waals surface area contributed by atoms with E-state index in [2.05, 4.69) is 6.07 Å². The largest absolute Gasteiger partial charge is 0.375 e. The molecule has 0 aliphatic carbocycles. The van der Waals surface area contributed by atoms with Crippen LogP contribution in [0.1, 0.15) is 50.2 Å². The summed E-state index contributed by atoms with van der Waals surface area (Å²) in [5.74, 6) is -0.687. The van der Waals surface area contributed by atoms with Gasteiger partial charge in [0.25, 0.3) is 5.91 Å². The van der Waals surface area contributed by atoms with Crippen LogP contribution >= 0.6 is 0 Å². The summed E-state index contributed by atoms with van der Waals surface area (Å²) in [6.07, 6.45) is -0.281. The zero-order valence-electron chi connectivity index (χ0n) is 18.4. The lowest BCUT2D eigenvalue weighted by Gasteiger charge is -2.23. The fourth-order valence-electron chi connectivity index (χ4n) is 4.39. The second-order valence-electron chi connectivity index (χ2n) is 8.62. The number of anilines is 1. The van der Waals surface area contributed by atoms with Crippen molar-refractivity contribution in [2.45, 2.75) is 46.3 Å². The molecule has 1 aliphatic rings. The summed E-state index contributed by atoms with van der Waals surface area (Å²) in [4.78, 5) is 28.3. The molecule has 1 heterocycles. The molecule has 3 aromatic rings. The van der Waals surface area contributed by atoms with Gasteiger partial charge in [0.15, 0.2) is 11.4 Å². The van der Waals surface area contributed by atoms with Gasteiger partial charge >= 0.3 is 0 Å². The number of Topliss-reactive ketones (excluding diaryl/α,β-unsaturated/α-hetero) is 1. The van der Waals surface area contributed by atoms with Crippen LogP contribution in [0.2, 0.25) is 0 Å². The fraction of sp³-hybridized carbons (Fsp3) is 0.259. The zero-order valence-corrected chi connectivity index (χ0v) is 18.4. The Hall–Kier alpha value is -3.24. The molecule has 0 saturated carbocycles. The van der Waals surface area contributed by atoms with Crippen LogP contribution in [0.4, 0.5) is 5.69 Å². The molecule has 1 unspecified atom stereocenters. The van der Waals surface area contributed by atoms with Gasteiger partial charge in [-0.1, -0.05) is 59.7 Å². The number of ketones is 1. The Bertz CT molecular complexity index is 1200. The molecule has 0 bridgehead atoms. The molecule has 4 nitrogen and oxygen atoms in total. The lowest BCUT2D eigenvalue weighted by molar-refractivity contribution is -0.136. The number of aryl methyl sites for hydroxylation is 4. The number of nitrogens with zero attached hydrogens (tertiary/aromatic N) is 1. The molecule has 1 amide bonds.